The molecule has 0 radical (unpaired) electrons. The maximum atomic E-state index is 5.14. The molecule has 0 unspecified atom stereocenters. The average Bonchev–Trinajstić information content (AvgIpc) is 3.31. The third kappa shape index (κ3) is 3.55. The first-order valence-electron chi connectivity index (χ1n) is 12.7. The van der Waals surface area contributed by atoms with Crippen molar-refractivity contribution in [1.29, 1.82) is 0 Å². The maximum absolute atomic E-state index is 5.14. The van der Waals surface area contributed by atoms with E-state index in [0.29, 0.717) is 0 Å². The zero-order chi connectivity index (χ0) is 25.6. The van der Waals surface area contributed by atoms with Crippen LogP contribution in [0, 0.1) is 6.92 Å². The lowest BCUT2D eigenvalue weighted by molar-refractivity contribution is 1.31. The summed E-state index contributed by atoms with van der Waals surface area (Å²) in [5.74, 6) is 0. The van der Waals surface area contributed by atoms with E-state index in [1.165, 1.54) is 42.4 Å². The smallest absolute Gasteiger partial charge is 0.0979 e. The largest absolute Gasteiger partial charge is 0.252 e. The molecule has 0 atom stereocenters. The summed E-state index contributed by atoms with van der Waals surface area (Å²) in [7, 11) is 0. The Labute approximate surface area is 225 Å². The lowest BCUT2D eigenvalue weighted by Gasteiger charge is -2.11. The normalized spacial score (nSPS) is 11.8. The molecule has 7 aromatic rings. The van der Waals surface area contributed by atoms with E-state index in [0.717, 1.165) is 33.1 Å². The van der Waals surface area contributed by atoms with Gasteiger partial charge in [-0.2, -0.15) is 0 Å². The Morgan fingerprint density at radius 2 is 1.32 bits per heavy atom. The van der Waals surface area contributed by atoms with Gasteiger partial charge in [0, 0.05) is 25.9 Å². The van der Waals surface area contributed by atoms with Gasteiger partial charge in [-0.15, -0.1) is 11.3 Å². The maximum Gasteiger partial charge on any atom is 0.0979 e. The zero-order valence-electron chi connectivity index (χ0n) is 21.0. The van der Waals surface area contributed by atoms with Gasteiger partial charge in [0.15, 0.2) is 0 Å². The van der Waals surface area contributed by atoms with Gasteiger partial charge in [0.2, 0.25) is 0 Å². The Bertz CT molecular complexity index is 2010. The molecule has 0 fully saturated rings. The number of aromatic nitrogens is 2. The molecule has 3 heteroatoms. The van der Waals surface area contributed by atoms with Crippen LogP contribution in [0.1, 0.15) is 10.4 Å². The molecule has 2 heterocycles. The number of rotatable bonds is 4. The molecule has 5 aromatic carbocycles. The highest BCUT2D eigenvalue weighted by Crippen LogP contribution is 2.39. The molecule has 0 N–H and O–H groups in total. The second-order valence-electron chi connectivity index (χ2n) is 9.49. The van der Waals surface area contributed by atoms with Crippen molar-refractivity contribution in [3.63, 3.8) is 0 Å². The third-order valence-corrected chi connectivity index (χ3v) is 8.61. The molecule has 0 saturated carbocycles. The second kappa shape index (κ2) is 9.05. The van der Waals surface area contributed by atoms with Gasteiger partial charge in [0.25, 0.3) is 0 Å². The minimum atomic E-state index is 0.881. The van der Waals surface area contributed by atoms with Gasteiger partial charge < -0.3 is 0 Å². The Morgan fingerprint density at radius 3 is 2.03 bits per heavy atom. The Balaban J connectivity index is 1.34. The monoisotopic (exact) mass is 504 g/mol. The Morgan fingerprint density at radius 1 is 0.684 bits per heavy atom. The van der Waals surface area contributed by atoms with Crippen LogP contribution in [0.2, 0.25) is 0 Å². The van der Waals surface area contributed by atoms with E-state index < -0.39 is 0 Å². The van der Waals surface area contributed by atoms with Gasteiger partial charge in [0.05, 0.1) is 22.9 Å². The van der Waals surface area contributed by atoms with Gasteiger partial charge in [-0.05, 0) is 45.8 Å². The zero-order valence-corrected chi connectivity index (χ0v) is 21.8. The number of hydrogen-bond donors (Lipinski definition) is 0. The summed E-state index contributed by atoms with van der Waals surface area (Å²) < 4.78 is 1.31. The molecule has 2 nitrogen and oxygen atoms in total. The molecule has 0 amide bonds. The molecule has 7 rings (SSSR count). The highest BCUT2D eigenvalue weighted by Gasteiger charge is 2.14. The molecular weight excluding hydrogens is 480 g/mol. The Kier molecular flexibility index (Phi) is 5.38. The minimum absolute atomic E-state index is 0.881. The molecular formula is C35H24N2S. The first-order chi connectivity index (χ1) is 18.7. The molecule has 2 aromatic heterocycles. The molecule has 38 heavy (non-hydrogen) atoms. The topological polar surface area (TPSA) is 25.8 Å². The third-order valence-electron chi connectivity index (χ3n) is 7.30. The van der Waals surface area contributed by atoms with Gasteiger partial charge >= 0.3 is 0 Å². The van der Waals surface area contributed by atoms with Crippen molar-refractivity contribution >= 4 is 60.1 Å². The van der Waals surface area contributed by atoms with E-state index in [4.69, 9.17) is 9.97 Å². The van der Waals surface area contributed by atoms with Crippen molar-refractivity contribution in [2.45, 2.75) is 6.92 Å². The van der Waals surface area contributed by atoms with Crippen LogP contribution in [0.15, 0.2) is 116 Å². The highest BCUT2D eigenvalue weighted by molar-refractivity contribution is 7.20. The van der Waals surface area contributed by atoms with Crippen LogP contribution in [0.3, 0.4) is 0 Å². The van der Waals surface area contributed by atoms with Crippen LogP contribution in [0.4, 0.5) is 0 Å². The fourth-order valence-corrected chi connectivity index (χ4v) is 6.64. The van der Waals surface area contributed by atoms with Crippen molar-refractivity contribution in [1.82, 2.24) is 9.97 Å². The number of hydrogen-bond acceptors (Lipinski definition) is 3. The summed E-state index contributed by atoms with van der Waals surface area (Å²) in [6.45, 7) is 6.01. The summed E-state index contributed by atoms with van der Waals surface area (Å²) in [6, 6.07) is 32.2. The van der Waals surface area contributed by atoms with E-state index in [9.17, 15) is 0 Å². The summed E-state index contributed by atoms with van der Waals surface area (Å²) in [6.07, 6.45) is 7.87. The lowest BCUT2D eigenvalue weighted by Crippen LogP contribution is -1.92. The van der Waals surface area contributed by atoms with Gasteiger partial charge in [-0.3, -0.25) is 4.98 Å². The van der Waals surface area contributed by atoms with Crippen LogP contribution < -0.4 is 0 Å². The fraction of sp³-hybridized carbons (Fsp3) is 0.0286. The fourth-order valence-electron chi connectivity index (χ4n) is 5.39. The van der Waals surface area contributed by atoms with E-state index in [1.807, 2.05) is 29.7 Å². The van der Waals surface area contributed by atoms with E-state index in [1.54, 1.807) is 0 Å². The van der Waals surface area contributed by atoms with Crippen LogP contribution in [-0.2, 0) is 0 Å². The van der Waals surface area contributed by atoms with Gasteiger partial charge in [-0.1, -0.05) is 110 Å². The quantitative estimate of drug-likeness (QED) is 0.176. The van der Waals surface area contributed by atoms with Crippen molar-refractivity contribution in [3.05, 3.63) is 126 Å². The molecule has 0 aliphatic heterocycles. The number of benzene rings is 5. The summed E-state index contributed by atoms with van der Waals surface area (Å²) >= 11 is 1.83. The van der Waals surface area contributed by atoms with Crippen molar-refractivity contribution in [2.24, 2.45) is 0 Å². The molecule has 0 spiro atoms. The first kappa shape index (κ1) is 22.6. The SMILES string of the molecule is C=C/C=C\c1sc2c(-c3ccc(-c4cnc5c6ccccc6c6ccccc6c5n4)cc3)cccc2c1C. The number of allylic oxidation sites excluding steroid dienone is 2. The van der Waals surface area contributed by atoms with E-state index in [-0.39, 0.29) is 0 Å². The van der Waals surface area contributed by atoms with Crippen LogP contribution in [0.25, 0.3) is 71.1 Å². The summed E-state index contributed by atoms with van der Waals surface area (Å²) in [4.78, 5) is 11.3. The number of fused-ring (bicyclic) bond motifs is 7. The lowest BCUT2D eigenvalue weighted by atomic mass is 9.99. The predicted molar refractivity (Wildman–Crippen MR) is 165 cm³/mol. The second-order valence-corrected chi connectivity index (χ2v) is 10.5. The molecule has 180 valence electrons. The number of nitrogens with zero attached hydrogens (tertiary/aromatic N) is 2. The van der Waals surface area contributed by atoms with Crippen LogP contribution in [0.5, 0.6) is 0 Å². The van der Waals surface area contributed by atoms with Crippen molar-refractivity contribution in [3.8, 4) is 22.4 Å². The van der Waals surface area contributed by atoms with Gasteiger partial charge in [-0.25, -0.2) is 4.98 Å². The molecule has 0 aliphatic carbocycles. The van der Waals surface area contributed by atoms with Crippen molar-refractivity contribution in [2.75, 3.05) is 0 Å². The number of aryl methyl sites for hydroxylation is 1. The molecule has 0 bridgehead atoms. The number of thiophene rings is 1. The van der Waals surface area contributed by atoms with Crippen molar-refractivity contribution < 1.29 is 0 Å². The van der Waals surface area contributed by atoms with Gasteiger partial charge in [0.1, 0.15) is 0 Å². The average molecular weight is 505 g/mol. The molecule has 0 saturated heterocycles. The first-order valence-corrected chi connectivity index (χ1v) is 13.5. The summed E-state index contributed by atoms with van der Waals surface area (Å²) in [5, 5.41) is 5.99. The van der Waals surface area contributed by atoms with E-state index in [2.05, 4.69) is 111 Å². The Hall–Kier alpha value is -4.60. The predicted octanol–water partition coefficient (Wildman–Crippen LogP) is 9.99. The minimum Gasteiger partial charge on any atom is -0.252 e. The van der Waals surface area contributed by atoms with E-state index >= 15 is 0 Å². The summed E-state index contributed by atoms with van der Waals surface area (Å²) in [5.41, 5.74) is 7.59. The van der Waals surface area contributed by atoms with Crippen LogP contribution >= 0.6 is 11.3 Å². The highest BCUT2D eigenvalue weighted by atomic mass is 32.1. The molecule has 0 aliphatic rings. The van der Waals surface area contributed by atoms with Crippen LogP contribution in [-0.4, -0.2) is 9.97 Å². The standard InChI is InChI=1S/C35H24N2S/c1-3-4-16-32-22(2)25-14-9-15-26(35(25)38-32)23-17-19-24(20-18-23)31-21-36-33-29-12-7-5-10-27(29)28-11-6-8-13-30(28)34(33)37-31/h3-21H,1H2,2H3/b16-4-.